The maximum atomic E-state index is 13.1. The van der Waals surface area contributed by atoms with E-state index in [2.05, 4.69) is 10.6 Å². The third kappa shape index (κ3) is 4.34. The third-order valence-electron chi connectivity index (χ3n) is 5.80. The maximum Gasteiger partial charge on any atom is 0.325 e. The van der Waals surface area contributed by atoms with Gasteiger partial charge in [0.15, 0.2) is 0 Å². The summed E-state index contributed by atoms with van der Waals surface area (Å²) in [6.07, 6.45) is 0. The number of carbonyl (C=O) groups is 4. The average Bonchev–Trinajstić information content (AvgIpc) is 2.94. The maximum absolute atomic E-state index is 13.1. The first kappa shape index (κ1) is 23.0. The highest BCUT2D eigenvalue weighted by molar-refractivity contribution is 6.09. The molecule has 168 valence electrons. The molecule has 1 heterocycles. The van der Waals surface area contributed by atoms with E-state index in [9.17, 15) is 19.2 Å². The summed E-state index contributed by atoms with van der Waals surface area (Å²) in [5.74, 6) is -1.38. The molecule has 3 rings (SSSR count). The van der Waals surface area contributed by atoms with Crippen LogP contribution in [-0.2, 0) is 19.9 Å². The largest absolute Gasteiger partial charge is 0.335 e. The summed E-state index contributed by atoms with van der Waals surface area (Å²) in [5, 5.41) is 5.53. The van der Waals surface area contributed by atoms with Gasteiger partial charge in [-0.1, -0.05) is 42.5 Å². The zero-order valence-electron chi connectivity index (χ0n) is 19.0. The lowest BCUT2D eigenvalue weighted by Gasteiger charge is -2.24. The Hall–Kier alpha value is -3.68. The molecular weight excluding hydrogens is 408 g/mol. The predicted octanol–water partition coefficient (Wildman–Crippen LogP) is 2.48. The van der Waals surface area contributed by atoms with E-state index >= 15 is 0 Å². The molecule has 0 aromatic heterocycles. The fourth-order valence-electron chi connectivity index (χ4n) is 3.91. The van der Waals surface area contributed by atoms with Gasteiger partial charge in [-0.25, -0.2) is 4.79 Å². The molecule has 0 saturated carbocycles. The van der Waals surface area contributed by atoms with Crippen molar-refractivity contribution in [1.29, 1.82) is 0 Å². The number of amides is 5. The highest BCUT2D eigenvalue weighted by atomic mass is 16.2. The number of hydrogen-bond acceptors (Lipinski definition) is 4. The van der Waals surface area contributed by atoms with E-state index in [1.54, 1.807) is 19.1 Å². The number of para-hydroxylation sites is 1. The summed E-state index contributed by atoms with van der Waals surface area (Å²) < 4.78 is 0. The van der Waals surface area contributed by atoms with Crippen molar-refractivity contribution in [1.82, 2.24) is 15.1 Å². The number of aryl methyl sites for hydroxylation is 3. The fourth-order valence-corrected chi connectivity index (χ4v) is 3.91. The van der Waals surface area contributed by atoms with Gasteiger partial charge >= 0.3 is 6.03 Å². The Morgan fingerprint density at radius 1 is 1.00 bits per heavy atom. The van der Waals surface area contributed by atoms with Crippen LogP contribution in [0.2, 0.25) is 0 Å². The average molecular weight is 437 g/mol. The molecule has 1 fully saturated rings. The third-order valence-corrected chi connectivity index (χ3v) is 5.80. The Balaban J connectivity index is 1.66. The predicted molar refractivity (Wildman–Crippen MR) is 121 cm³/mol. The van der Waals surface area contributed by atoms with Crippen molar-refractivity contribution in [2.75, 3.05) is 25.5 Å². The Labute approximate surface area is 187 Å². The summed E-state index contributed by atoms with van der Waals surface area (Å²) in [4.78, 5) is 52.9. The second-order valence-corrected chi connectivity index (χ2v) is 8.33. The molecule has 5 amide bonds. The Morgan fingerprint density at radius 3 is 2.22 bits per heavy atom. The van der Waals surface area contributed by atoms with Crippen LogP contribution >= 0.6 is 0 Å². The molecule has 0 spiro atoms. The molecule has 0 aliphatic carbocycles. The number of imide groups is 1. The molecule has 1 atom stereocenters. The van der Waals surface area contributed by atoms with E-state index in [-0.39, 0.29) is 12.5 Å². The molecule has 1 aliphatic heterocycles. The smallest absolute Gasteiger partial charge is 0.325 e. The van der Waals surface area contributed by atoms with Crippen molar-refractivity contribution in [2.24, 2.45) is 0 Å². The number of anilines is 1. The lowest BCUT2D eigenvalue weighted by Crippen LogP contribution is -2.45. The van der Waals surface area contributed by atoms with Crippen LogP contribution in [0.5, 0.6) is 0 Å². The van der Waals surface area contributed by atoms with Crippen LogP contribution in [0, 0.1) is 20.8 Å². The van der Waals surface area contributed by atoms with Gasteiger partial charge in [0.2, 0.25) is 11.8 Å². The first-order valence-corrected chi connectivity index (χ1v) is 10.3. The van der Waals surface area contributed by atoms with Gasteiger partial charge in [0.05, 0.1) is 6.54 Å². The number of carbonyl (C=O) groups excluding carboxylic acids is 4. The second kappa shape index (κ2) is 8.82. The summed E-state index contributed by atoms with van der Waals surface area (Å²) >= 11 is 0. The standard InChI is InChI=1S/C24H28N4O4/c1-15-9-6-7-12-18(15)24(4)22(31)28(23(32)26-24)14-20(30)27(5)13-19(29)25-21-16(2)10-8-11-17(21)3/h6-12H,13-14H2,1-5H3,(H,25,29)(H,26,32). The Bertz CT molecular complexity index is 1080. The van der Waals surface area contributed by atoms with Gasteiger partial charge in [-0.05, 0) is 49.9 Å². The molecule has 0 radical (unpaired) electrons. The van der Waals surface area contributed by atoms with Crippen molar-refractivity contribution in [3.63, 3.8) is 0 Å². The zero-order chi connectivity index (χ0) is 23.6. The van der Waals surface area contributed by atoms with Gasteiger partial charge in [-0.15, -0.1) is 0 Å². The van der Waals surface area contributed by atoms with Gasteiger partial charge in [0.1, 0.15) is 12.1 Å². The lowest BCUT2D eigenvalue weighted by atomic mass is 9.88. The van der Waals surface area contributed by atoms with Gasteiger partial charge in [0, 0.05) is 12.7 Å². The van der Waals surface area contributed by atoms with Crippen LogP contribution in [0.25, 0.3) is 0 Å². The number of nitrogens with one attached hydrogen (secondary N) is 2. The fraction of sp³-hybridized carbons (Fsp3) is 0.333. The molecule has 2 aromatic carbocycles. The van der Waals surface area contributed by atoms with E-state index in [4.69, 9.17) is 0 Å². The Kier molecular flexibility index (Phi) is 6.34. The van der Waals surface area contributed by atoms with Gasteiger partial charge in [0.25, 0.3) is 5.91 Å². The Morgan fingerprint density at radius 2 is 1.59 bits per heavy atom. The van der Waals surface area contributed by atoms with Crippen LogP contribution in [0.15, 0.2) is 42.5 Å². The molecule has 32 heavy (non-hydrogen) atoms. The molecule has 0 bridgehead atoms. The van der Waals surface area contributed by atoms with Gasteiger partial charge in [-0.2, -0.15) is 0 Å². The van der Waals surface area contributed by atoms with Crippen LogP contribution in [0.1, 0.15) is 29.2 Å². The molecule has 8 nitrogen and oxygen atoms in total. The summed E-state index contributed by atoms with van der Waals surface area (Å²) in [7, 11) is 1.46. The number of urea groups is 1. The van der Waals surface area contributed by atoms with Crippen molar-refractivity contribution in [3.05, 3.63) is 64.7 Å². The van der Waals surface area contributed by atoms with Crippen molar-refractivity contribution in [2.45, 2.75) is 33.2 Å². The van der Waals surface area contributed by atoms with E-state index in [0.717, 1.165) is 21.6 Å². The molecule has 2 N–H and O–H groups in total. The summed E-state index contributed by atoms with van der Waals surface area (Å²) in [6, 6.07) is 12.3. The summed E-state index contributed by atoms with van der Waals surface area (Å²) in [6.45, 7) is 6.61. The first-order chi connectivity index (χ1) is 15.0. The molecular formula is C24H28N4O4. The molecule has 1 unspecified atom stereocenters. The quantitative estimate of drug-likeness (QED) is 0.680. The van der Waals surface area contributed by atoms with Gasteiger partial charge in [-0.3, -0.25) is 19.3 Å². The van der Waals surface area contributed by atoms with Crippen LogP contribution in [-0.4, -0.2) is 53.7 Å². The van der Waals surface area contributed by atoms with Crippen LogP contribution < -0.4 is 10.6 Å². The zero-order valence-corrected chi connectivity index (χ0v) is 19.0. The van der Waals surface area contributed by atoms with E-state index in [0.29, 0.717) is 11.3 Å². The minimum Gasteiger partial charge on any atom is -0.335 e. The number of benzene rings is 2. The number of rotatable bonds is 6. The molecule has 1 saturated heterocycles. The second-order valence-electron chi connectivity index (χ2n) is 8.33. The molecule has 8 heteroatoms. The summed E-state index contributed by atoms with van der Waals surface area (Å²) in [5.41, 5.74) is 2.83. The van der Waals surface area contributed by atoms with E-state index in [1.807, 2.05) is 51.1 Å². The lowest BCUT2D eigenvalue weighted by molar-refractivity contribution is -0.139. The molecule has 2 aromatic rings. The van der Waals surface area contributed by atoms with Crippen molar-refractivity contribution in [3.8, 4) is 0 Å². The van der Waals surface area contributed by atoms with Crippen molar-refractivity contribution >= 4 is 29.4 Å². The normalized spacial score (nSPS) is 17.8. The van der Waals surface area contributed by atoms with Crippen LogP contribution in [0.4, 0.5) is 10.5 Å². The van der Waals surface area contributed by atoms with E-state index < -0.39 is 29.9 Å². The van der Waals surface area contributed by atoms with E-state index in [1.165, 1.54) is 11.9 Å². The van der Waals surface area contributed by atoms with Crippen LogP contribution in [0.3, 0.4) is 0 Å². The minimum absolute atomic E-state index is 0.203. The number of nitrogens with zero attached hydrogens (tertiary/aromatic N) is 2. The topological polar surface area (TPSA) is 98.8 Å². The van der Waals surface area contributed by atoms with Gasteiger partial charge < -0.3 is 15.5 Å². The van der Waals surface area contributed by atoms with Crippen molar-refractivity contribution < 1.29 is 19.2 Å². The number of hydrogen-bond donors (Lipinski definition) is 2. The first-order valence-electron chi connectivity index (χ1n) is 10.3. The molecule has 1 aliphatic rings. The highest BCUT2D eigenvalue weighted by Gasteiger charge is 2.50. The monoisotopic (exact) mass is 436 g/mol. The highest BCUT2D eigenvalue weighted by Crippen LogP contribution is 2.30. The minimum atomic E-state index is -1.25. The number of likely N-dealkylation sites (N-methyl/N-ethyl adjacent to an activating group) is 1. The SMILES string of the molecule is Cc1ccccc1C1(C)NC(=O)N(CC(=O)N(C)CC(=O)Nc2c(C)cccc2C)C1=O.